The molecule has 8 heteroatoms. The van der Waals surface area contributed by atoms with Crippen molar-refractivity contribution >= 4 is 0 Å². The first-order chi connectivity index (χ1) is 13.6. The fraction of sp³-hybridized carbons (Fsp3) is 0.600. The number of hydrogen-bond donors (Lipinski definition) is 0. The van der Waals surface area contributed by atoms with Crippen LogP contribution >= 0.6 is 0 Å². The largest absolute Gasteiger partial charge is 0.302 e. The van der Waals surface area contributed by atoms with E-state index in [1.807, 2.05) is 0 Å². The summed E-state index contributed by atoms with van der Waals surface area (Å²) in [7, 11) is 1.73. The summed E-state index contributed by atoms with van der Waals surface area (Å²) in [6.07, 6.45) is 7.51. The van der Waals surface area contributed by atoms with Crippen molar-refractivity contribution < 1.29 is 0 Å². The Hall–Kier alpha value is -2.32. The van der Waals surface area contributed by atoms with E-state index in [0.29, 0.717) is 13.1 Å². The Bertz CT molecular complexity index is 942. The first-order valence-corrected chi connectivity index (χ1v) is 10.1. The topological polar surface area (TPSA) is 76.3 Å². The van der Waals surface area contributed by atoms with Gasteiger partial charge in [0.1, 0.15) is 0 Å². The van der Waals surface area contributed by atoms with Crippen LogP contribution in [0, 0.1) is 0 Å². The van der Waals surface area contributed by atoms with Gasteiger partial charge >= 0.3 is 0 Å². The lowest BCUT2D eigenvalue weighted by Gasteiger charge is -2.34. The quantitative estimate of drug-likeness (QED) is 0.724. The van der Waals surface area contributed by atoms with E-state index in [-0.39, 0.29) is 11.1 Å². The molecule has 3 heterocycles. The summed E-state index contributed by atoms with van der Waals surface area (Å²) in [6.45, 7) is 5.78. The number of rotatable bonds is 5. The average Bonchev–Trinajstić information content (AvgIpc) is 2.71. The molecule has 1 fully saturated rings. The third-order valence-electron chi connectivity index (χ3n) is 5.83. The molecular formula is C20H28N6O2. The molecule has 0 amide bonds. The summed E-state index contributed by atoms with van der Waals surface area (Å²) >= 11 is 0. The van der Waals surface area contributed by atoms with Gasteiger partial charge in [0.2, 0.25) is 0 Å². The second-order valence-electron chi connectivity index (χ2n) is 7.84. The number of aromatic nitrogens is 4. The summed E-state index contributed by atoms with van der Waals surface area (Å²) in [4.78, 5) is 33.2. The van der Waals surface area contributed by atoms with E-state index >= 15 is 0 Å². The van der Waals surface area contributed by atoms with Crippen LogP contribution in [0.4, 0.5) is 0 Å². The minimum absolute atomic E-state index is 0.0201. The molecular weight excluding hydrogens is 356 g/mol. The van der Waals surface area contributed by atoms with Crippen molar-refractivity contribution in [1.29, 1.82) is 0 Å². The zero-order chi connectivity index (χ0) is 19.5. The van der Waals surface area contributed by atoms with Gasteiger partial charge in [0, 0.05) is 64.1 Å². The lowest BCUT2D eigenvalue weighted by Crippen LogP contribution is -2.47. The number of fused-ring (bicyclic) bond motifs is 1. The molecule has 0 spiro atoms. The van der Waals surface area contributed by atoms with Gasteiger partial charge in [-0.05, 0) is 31.2 Å². The molecule has 2 aromatic heterocycles. The molecule has 0 unspecified atom stereocenters. The van der Waals surface area contributed by atoms with E-state index in [4.69, 9.17) is 0 Å². The van der Waals surface area contributed by atoms with Gasteiger partial charge in [0.25, 0.3) is 11.1 Å². The highest BCUT2D eigenvalue weighted by molar-refractivity contribution is 5.20. The third-order valence-corrected chi connectivity index (χ3v) is 5.83. The zero-order valence-electron chi connectivity index (χ0n) is 16.5. The van der Waals surface area contributed by atoms with Crippen LogP contribution in [0.3, 0.4) is 0 Å². The molecule has 150 valence electrons. The predicted molar refractivity (Wildman–Crippen MR) is 106 cm³/mol. The van der Waals surface area contributed by atoms with Crippen molar-refractivity contribution in [2.24, 2.45) is 7.05 Å². The van der Waals surface area contributed by atoms with Crippen LogP contribution < -0.4 is 11.1 Å². The third kappa shape index (κ3) is 4.23. The van der Waals surface area contributed by atoms with E-state index < -0.39 is 0 Å². The Morgan fingerprint density at radius 2 is 1.75 bits per heavy atom. The van der Waals surface area contributed by atoms with E-state index in [2.05, 4.69) is 19.9 Å². The van der Waals surface area contributed by atoms with Crippen LogP contribution in [0.2, 0.25) is 0 Å². The Balaban J connectivity index is 1.30. The maximum Gasteiger partial charge on any atom is 0.267 e. The molecule has 1 aliphatic carbocycles. The second-order valence-corrected chi connectivity index (χ2v) is 7.84. The van der Waals surface area contributed by atoms with Gasteiger partial charge in [0.05, 0.1) is 18.6 Å². The van der Waals surface area contributed by atoms with E-state index in [9.17, 15) is 9.59 Å². The number of aryl methyl sites for hydroxylation is 3. The van der Waals surface area contributed by atoms with Gasteiger partial charge in [-0.3, -0.25) is 19.4 Å². The first-order valence-electron chi connectivity index (χ1n) is 10.1. The van der Waals surface area contributed by atoms with Gasteiger partial charge in [0.15, 0.2) is 0 Å². The molecule has 28 heavy (non-hydrogen) atoms. The number of hydrogen-bond acceptors (Lipinski definition) is 6. The van der Waals surface area contributed by atoms with Gasteiger partial charge in [-0.15, -0.1) is 0 Å². The normalized spacial score (nSPS) is 18.2. The Morgan fingerprint density at radius 3 is 2.57 bits per heavy atom. The molecule has 8 nitrogen and oxygen atoms in total. The molecule has 0 saturated carbocycles. The first kappa shape index (κ1) is 19.0. The van der Waals surface area contributed by atoms with Crippen molar-refractivity contribution in [2.45, 2.75) is 38.8 Å². The van der Waals surface area contributed by atoms with Crippen molar-refractivity contribution in [3.05, 3.63) is 56.1 Å². The van der Waals surface area contributed by atoms with Gasteiger partial charge in [-0.1, -0.05) is 0 Å². The lowest BCUT2D eigenvalue weighted by molar-refractivity contribution is 0.122. The van der Waals surface area contributed by atoms with E-state index in [0.717, 1.165) is 68.8 Å². The zero-order valence-corrected chi connectivity index (χ0v) is 16.5. The summed E-state index contributed by atoms with van der Waals surface area (Å²) in [5, 5.41) is 4.61. The van der Waals surface area contributed by atoms with Gasteiger partial charge < -0.3 is 4.57 Å². The fourth-order valence-electron chi connectivity index (χ4n) is 4.08. The Labute approximate surface area is 164 Å². The number of piperazine rings is 1. The fourth-order valence-corrected chi connectivity index (χ4v) is 4.08. The van der Waals surface area contributed by atoms with Crippen LogP contribution in [-0.4, -0.2) is 61.9 Å². The van der Waals surface area contributed by atoms with Crippen molar-refractivity contribution in [3.8, 4) is 0 Å². The van der Waals surface area contributed by atoms with Crippen LogP contribution in [0.25, 0.3) is 0 Å². The van der Waals surface area contributed by atoms with Crippen LogP contribution in [0.15, 0.2) is 28.2 Å². The summed E-state index contributed by atoms with van der Waals surface area (Å²) < 4.78 is 3.16. The van der Waals surface area contributed by atoms with Gasteiger partial charge in [-0.25, -0.2) is 9.67 Å². The van der Waals surface area contributed by atoms with Crippen LogP contribution in [0.1, 0.15) is 29.7 Å². The molecule has 2 aromatic rings. The minimum Gasteiger partial charge on any atom is -0.302 e. The molecule has 4 rings (SSSR count). The van der Waals surface area contributed by atoms with E-state index in [1.54, 1.807) is 30.3 Å². The average molecular weight is 384 g/mol. The Morgan fingerprint density at radius 1 is 1.00 bits per heavy atom. The molecule has 1 aliphatic heterocycles. The van der Waals surface area contributed by atoms with E-state index in [1.165, 1.54) is 11.0 Å². The highest BCUT2D eigenvalue weighted by Crippen LogP contribution is 2.16. The second kappa shape index (κ2) is 8.36. The molecule has 0 aromatic carbocycles. The smallest absolute Gasteiger partial charge is 0.267 e. The molecule has 0 atom stereocenters. The maximum atomic E-state index is 12.3. The highest BCUT2D eigenvalue weighted by atomic mass is 16.1. The minimum atomic E-state index is 0.0201. The van der Waals surface area contributed by atoms with Crippen LogP contribution in [-0.2, 0) is 33.0 Å². The molecule has 0 radical (unpaired) electrons. The van der Waals surface area contributed by atoms with Crippen molar-refractivity contribution in [3.63, 3.8) is 0 Å². The molecule has 0 N–H and O–H groups in total. The standard InChI is InChI=1S/C20H28N6O2/c1-23-15-21-13-17(20(23)28)14-25-8-6-24(7-9-25)10-11-26-19(27)12-16-4-2-3-5-18(16)22-26/h12-13,15H,2-11,14H2,1H3. The van der Waals surface area contributed by atoms with Gasteiger partial charge in [-0.2, -0.15) is 5.10 Å². The summed E-state index contributed by atoms with van der Waals surface area (Å²) in [5.74, 6) is 0. The van der Waals surface area contributed by atoms with Crippen molar-refractivity contribution in [1.82, 2.24) is 29.1 Å². The maximum absolute atomic E-state index is 12.3. The summed E-state index contributed by atoms with van der Waals surface area (Å²) in [5.41, 5.74) is 3.03. The molecule has 2 aliphatic rings. The monoisotopic (exact) mass is 384 g/mol. The van der Waals surface area contributed by atoms with Crippen molar-refractivity contribution in [2.75, 3.05) is 32.7 Å². The predicted octanol–water partition coefficient (Wildman–Crippen LogP) is 0.0336. The van der Waals surface area contributed by atoms with Crippen LogP contribution in [0.5, 0.6) is 0 Å². The SMILES string of the molecule is Cn1cncc(CN2CCN(CCn3nc4c(cc3=O)CCCC4)CC2)c1=O. The highest BCUT2D eigenvalue weighted by Gasteiger charge is 2.19. The lowest BCUT2D eigenvalue weighted by atomic mass is 9.97. The molecule has 0 bridgehead atoms. The number of nitrogens with zero attached hydrogens (tertiary/aromatic N) is 6. The summed E-state index contributed by atoms with van der Waals surface area (Å²) in [6, 6.07) is 1.79. The Kier molecular flexibility index (Phi) is 5.68. The molecule has 1 saturated heterocycles.